The van der Waals surface area contributed by atoms with E-state index in [-0.39, 0.29) is 35.8 Å². The van der Waals surface area contributed by atoms with Crippen molar-refractivity contribution in [3.8, 4) is 11.1 Å². The van der Waals surface area contributed by atoms with Gasteiger partial charge in [-0.1, -0.05) is 30.3 Å². The van der Waals surface area contributed by atoms with Crippen LogP contribution in [0.1, 0.15) is 41.1 Å². The maximum atomic E-state index is 14.1. The van der Waals surface area contributed by atoms with E-state index in [0.717, 1.165) is 29.0 Å². The number of halogens is 3. The number of benzene rings is 3. The average molecular weight is 562 g/mol. The summed E-state index contributed by atoms with van der Waals surface area (Å²) < 4.78 is 65.9. The SMILES string of the molecule is CS(=O)(=O)c1ccc(-c2cccnc2[C@@H](CC(=O)CC2=CCc3ccc(F)cc32)Cc2cc(F)cc(F)c2)cc1. The number of hydrogen-bond donors (Lipinski definition) is 0. The molecule has 0 saturated heterocycles. The van der Waals surface area contributed by atoms with Crippen molar-refractivity contribution in [2.45, 2.75) is 36.5 Å². The Morgan fingerprint density at radius 3 is 2.33 bits per heavy atom. The summed E-state index contributed by atoms with van der Waals surface area (Å²) in [7, 11) is -3.39. The molecule has 0 amide bonds. The highest BCUT2D eigenvalue weighted by Crippen LogP contribution is 2.35. The summed E-state index contributed by atoms with van der Waals surface area (Å²) in [6.07, 6.45) is 5.54. The molecule has 1 aromatic heterocycles. The Morgan fingerprint density at radius 2 is 1.62 bits per heavy atom. The van der Waals surface area contributed by atoms with Gasteiger partial charge in [0.15, 0.2) is 9.84 Å². The Hall–Kier alpha value is -4.04. The molecular weight excluding hydrogens is 535 g/mol. The molecule has 0 saturated carbocycles. The largest absolute Gasteiger partial charge is 0.299 e. The molecule has 3 aromatic carbocycles. The molecule has 4 aromatic rings. The van der Waals surface area contributed by atoms with Gasteiger partial charge in [0.1, 0.15) is 23.2 Å². The number of rotatable bonds is 9. The molecule has 1 heterocycles. The monoisotopic (exact) mass is 561 g/mol. The van der Waals surface area contributed by atoms with Gasteiger partial charge in [0, 0.05) is 42.8 Å². The third-order valence-electron chi connectivity index (χ3n) is 7.07. The number of aromatic nitrogens is 1. The highest BCUT2D eigenvalue weighted by atomic mass is 32.2. The molecule has 4 nitrogen and oxygen atoms in total. The fourth-order valence-corrected chi connectivity index (χ4v) is 5.87. The van der Waals surface area contributed by atoms with Crippen molar-refractivity contribution in [3.63, 3.8) is 0 Å². The number of ketones is 1. The Bertz CT molecular complexity index is 1710. The number of pyridine rings is 1. The summed E-state index contributed by atoms with van der Waals surface area (Å²) in [5.74, 6) is -2.45. The standard InChI is InChI=1S/C32H26F3NO3S/c1-40(38,39)29-10-7-21(8-11-29)30-3-2-12-36-32(30)24(13-20-14-26(34)18-27(35)15-20)17-28(37)16-23-5-4-22-6-9-25(33)19-31(22)23/h2-3,5-12,14-15,18-19,24H,4,13,16-17H2,1H3/t24-/m1/s1. The van der Waals surface area contributed by atoms with E-state index in [4.69, 9.17) is 0 Å². The van der Waals surface area contributed by atoms with E-state index in [1.807, 2.05) is 12.1 Å². The van der Waals surface area contributed by atoms with Crippen LogP contribution in [0.5, 0.6) is 0 Å². The van der Waals surface area contributed by atoms with Crippen LogP contribution in [0.15, 0.2) is 90.0 Å². The van der Waals surface area contributed by atoms with E-state index < -0.39 is 27.4 Å². The Balaban J connectivity index is 1.48. The summed E-state index contributed by atoms with van der Waals surface area (Å²) >= 11 is 0. The lowest BCUT2D eigenvalue weighted by Gasteiger charge is -2.20. The van der Waals surface area contributed by atoms with Crippen LogP contribution in [0, 0.1) is 17.5 Å². The minimum Gasteiger partial charge on any atom is -0.299 e. The van der Waals surface area contributed by atoms with E-state index in [1.165, 1.54) is 36.4 Å². The zero-order chi connectivity index (χ0) is 28.4. The van der Waals surface area contributed by atoms with Crippen LogP contribution in [-0.2, 0) is 27.5 Å². The number of carbonyl (C=O) groups is 1. The minimum atomic E-state index is -3.39. The van der Waals surface area contributed by atoms with E-state index in [0.29, 0.717) is 28.8 Å². The lowest BCUT2D eigenvalue weighted by molar-refractivity contribution is -0.118. The third-order valence-corrected chi connectivity index (χ3v) is 8.20. The van der Waals surface area contributed by atoms with Gasteiger partial charge in [-0.2, -0.15) is 0 Å². The average Bonchev–Trinajstić information content (AvgIpc) is 3.28. The number of sulfone groups is 1. The van der Waals surface area contributed by atoms with Gasteiger partial charge in [-0.05, 0) is 83.1 Å². The lowest BCUT2D eigenvalue weighted by Crippen LogP contribution is -2.13. The minimum absolute atomic E-state index is 0.0333. The quantitative estimate of drug-likeness (QED) is 0.223. The first-order valence-corrected chi connectivity index (χ1v) is 14.7. The number of Topliss-reactive ketones (excluding diaryl/α,β-unsaturated/α-hetero) is 1. The smallest absolute Gasteiger partial charge is 0.175 e. The van der Waals surface area contributed by atoms with Crippen molar-refractivity contribution >= 4 is 21.2 Å². The van der Waals surface area contributed by atoms with Gasteiger partial charge in [0.25, 0.3) is 0 Å². The molecule has 40 heavy (non-hydrogen) atoms. The zero-order valence-electron chi connectivity index (χ0n) is 21.7. The van der Waals surface area contributed by atoms with Crippen LogP contribution in [0.25, 0.3) is 16.7 Å². The number of carbonyl (C=O) groups excluding carboxylic acids is 1. The highest BCUT2D eigenvalue weighted by molar-refractivity contribution is 7.90. The van der Waals surface area contributed by atoms with E-state index >= 15 is 0 Å². The van der Waals surface area contributed by atoms with Crippen LogP contribution in [0.2, 0.25) is 0 Å². The summed E-state index contributed by atoms with van der Waals surface area (Å²) in [5.41, 5.74) is 4.76. The van der Waals surface area contributed by atoms with E-state index in [1.54, 1.807) is 30.5 Å². The molecule has 1 atom stereocenters. The fraction of sp³-hybridized carbons (Fsp3) is 0.188. The third kappa shape index (κ3) is 6.23. The molecule has 1 aliphatic carbocycles. The van der Waals surface area contributed by atoms with Crippen molar-refractivity contribution in [2.75, 3.05) is 6.26 Å². The Kier molecular flexibility index (Phi) is 7.72. The fourth-order valence-electron chi connectivity index (χ4n) is 5.24. The molecule has 5 rings (SSSR count). The zero-order valence-corrected chi connectivity index (χ0v) is 22.5. The predicted octanol–water partition coefficient (Wildman–Crippen LogP) is 6.88. The number of hydrogen-bond acceptors (Lipinski definition) is 4. The molecule has 0 fully saturated rings. The van der Waals surface area contributed by atoms with Gasteiger partial charge in [0.05, 0.1) is 10.6 Å². The number of nitrogens with zero attached hydrogens (tertiary/aromatic N) is 1. The van der Waals surface area contributed by atoms with Gasteiger partial charge in [-0.25, -0.2) is 21.6 Å². The van der Waals surface area contributed by atoms with Crippen LogP contribution in [0.4, 0.5) is 13.2 Å². The predicted molar refractivity (Wildman–Crippen MR) is 148 cm³/mol. The van der Waals surface area contributed by atoms with Crippen LogP contribution < -0.4 is 0 Å². The first kappa shape index (κ1) is 27.5. The molecule has 0 aliphatic heterocycles. The number of fused-ring (bicyclic) bond motifs is 1. The molecular formula is C32H26F3NO3S. The topological polar surface area (TPSA) is 64.1 Å². The summed E-state index contributed by atoms with van der Waals surface area (Å²) in [4.78, 5) is 18.2. The lowest BCUT2D eigenvalue weighted by atomic mass is 9.85. The normalized spacial score (nSPS) is 13.6. The van der Waals surface area contributed by atoms with Crippen molar-refractivity contribution in [3.05, 3.63) is 125 Å². The van der Waals surface area contributed by atoms with Gasteiger partial charge in [0.2, 0.25) is 0 Å². The van der Waals surface area contributed by atoms with Gasteiger partial charge < -0.3 is 0 Å². The first-order chi connectivity index (χ1) is 19.1. The summed E-state index contributed by atoms with van der Waals surface area (Å²) in [5, 5.41) is 0. The maximum absolute atomic E-state index is 14.1. The Morgan fingerprint density at radius 1 is 0.900 bits per heavy atom. The van der Waals surface area contributed by atoms with Crippen LogP contribution in [-0.4, -0.2) is 25.4 Å². The van der Waals surface area contributed by atoms with Crippen molar-refractivity contribution in [2.24, 2.45) is 0 Å². The first-order valence-electron chi connectivity index (χ1n) is 12.8. The van der Waals surface area contributed by atoms with Gasteiger partial charge in [-0.15, -0.1) is 0 Å². The van der Waals surface area contributed by atoms with Crippen molar-refractivity contribution in [1.29, 1.82) is 0 Å². The molecule has 0 unspecified atom stereocenters. The molecule has 0 N–H and O–H groups in total. The van der Waals surface area contributed by atoms with Gasteiger partial charge in [-0.3, -0.25) is 9.78 Å². The van der Waals surface area contributed by atoms with E-state index in [2.05, 4.69) is 4.98 Å². The second-order valence-corrected chi connectivity index (χ2v) is 12.1. The summed E-state index contributed by atoms with van der Waals surface area (Å²) in [6, 6.07) is 17.7. The molecule has 204 valence electrons. The highest BCUT2D eigenvalue weighted by Gasteiger charge is 2.25. The Labute approximate surface area is 231 Å². The van der Waals surface area contributed by atoms with Crippen molar-refractivity contribution < 1.29 is 26.4 Å². The molecule has 0 bridgehead atoms. The number of allylic oxidation sites excluding steroid dienone is 2. The molecule has 1 aliphatic rings. The molecule has 8 heteroatoms. The summed E-state index contributed by atoms with van der Waals surface area (Å²) in [6.45, 7) is 0. The second kappa shape index (κ2) is 11.2. The van der Waals surface area contributed by atoms with E-state index in [9.17, 15) is 26.4 Å². The molecule has 0 spiro atoms. The molecule has 0 radical (unpaired) electrons. The second-order valence-electron chi connectivity index (χ2n) is 10.1. The van der Waals surface area contributed by atoms with Crippen molar-refractivity contribution in [1.82, 2.24) is 4.98 Å². The maximum Gasteiger partial charge on any atom is 0.175 e. The van der Waals surface area contributed by atoms with Crippen LogP contribution >= 0.6 is 0 Å². The van der Waals surface area contributed by atoms with Crippen LogP contribution in [0.3, 0.4) is 0 Å². The van der Waals surface area contributed by atoms with Gasteiger partial charge >= 0.3 is 0 Å².